The first kappa shape index (κ1) is 55.8. The molecule has 1 saturated heterocycles. The lowest BCUT2D eigenvalue weighted by molar-refractivity contribution is -0.320. The number of benzene rings is 2. The number of carbonyl (C=O) groups is 2. The van der Waals surface area contributed by atoms with Crippen molar-refractivity contribution in [1.29, 1.82) is 5.26 Å². The summed E-state index contributed by atoms with van der Waals surface area (Å²) in [4.78, 5) is 27.5. The van der Waals surface area contributed by atoms with E-state index in [1.807, 2.05) is 59.8 Å². The number of methoxy groups -OCH3 is 1. The van der Waals surface area contributed by atoms with Crippen LogP contribution in [0.2, 0.25) is 0 Å². The Kier molecular flexibility index (Phi) is 17.5. The van der Waals surface area contributed by atoms with Crippen molar-refractivity contribution in [3.8, 4) is 6.07 Å². The highest BCUT2D eigenvalue weighted by atomic mass is 32.2. The van der Waals surface area contributed by atoms with Crippen LogP contribution in [0, 0.1) is 47.3 Å². The summed E-state index contributed by atoms with van der Waals surface area (Å²) in [6.07, 6.45) is 0.387. The zero-order valence-corrected chi connectivity index (χ0v) is 44.1. The van der Waals surface area contributed by atoms with Crippen LogP contribution >= 0.6 is 0 Å². The van der Waals surface area contributed by atoms with Crippen molar-refractivity contribution >= 4 is 38.6 Å². The molecule has 0 spiro atoms. The number of aryl methyl sites for hydroxylation is 2. The second kappa shape index (κ2) is 22.9. The van der Waals surface area contributed by atoms with Crippen LogP contribution in [0.25, 0.3) is 10.9 Å². The first-order valence-electron chi connectivity index (χ1n) is 25.2. The number of ether oxygens (including phenoxy) is 6. The van der Waals surface area contributed by atoms with Crippen LogP contribution in [-0.4, -0.2) is 127 Å². The number of carbonyl (C=O) groups excluding carboxylic acids is 2. The monoisotopic (exact) mass is 1030 g/mol. The Labute approximate surface area is 428 Å². The Hall–Kier alpha value is -4.94. The molecule has 5 unspecified atom stereocenters. The number of nitrogens with zero attached hydrogens (tertiary/aromatic N) is 1. The minimum Gasteiger partial charge on any atom is -0.465 e. The number of H-pyrrole nitrogens is 1. The zero-order valence-electron chi connectivity index (χ0n) is 43.3. The second-order valence-electron chi connectivity index (χ2n) is 21.1. The topological polar surface area (TPSA) is 256 Å². The highest BCUT2D eigenvalue weighted by Crippen LogP contribution is 2.56. The lowest BCUT2D eigenvalue weighted by Gasteiger charge is -2.47. The minimum atomic E-state index is -3.97. The number of nitriles is 1. The molecule has 73 heavy (non-hydrogen) atoms. The molecule has 0 radical (unpaired) electrons. The van der Waals surface area contributed by atoms with E-state index in [9.17, 15) is 43.7 Å². The molecular weight excluding hydrogens is 959 g/mol. The SMILES string of the molecule is COC[C@H]1CC[C@@H]2/C1=C\[C@]1(C)C(=C([C@H](C)COC(C)=O)C[C@@H]1O)[C@@H](OC1OC(COC(C)(C)/C=C/CCCc3cccc(S(=O)(=O)Nc4ccc(C)c5c(C#N)c[nH]c45)c3)C(O)C(OC(C)=O)C1O)[C@H](O)[C@@H]2C. The molecule has 6 N–H and O–H groups in total. The molecular formula is C55H73N3O14S. The van der Waals surface area contributed by atoms with Gasteiger partial charge in [0, 0.05) is 49.8 Å². The van der Waals surface area contributed by atoms with E-state index in [4.69, 9.17) is 28.4 Å². The average Bonchev–Trinajstić information content (AvgIpc) is 4.03. The Balaban J connectivity index is 1.05. The number of fused-ring (bicyclic) bond motifs is 3. The van der Waals surface area contributed by atoms with Crippen molar-refractivity contribution in [2.75, 3.05) is 31.7 Å². The smallest absolute Gasteiger partial charge is 0.303 e. The summed E-state index contributed by atoms with van der Waals surface area (Å²) in [5, 5.41) is 58.2. The van der Waals surface area contributed by atoms with Crippen molar-refractivity contribution < 1.29 is 66.9 Å². The van der Waals surface area contributed by atoms with Gasteiger partial charge >= 0.3 is 11.9 Å². The fourth-order valence-electron chi connectivity index (χ4n) is 11.3. The molecule has 2 heterocycles. The highest BCUT2D eigenvalue weighted by Gasteiger charge is 2.56. The van der Waals surface area contributed by atoms with Gasteiger partial charge in [-0.15, -0.1) is 0 Å². The van der Waals surface area contributed by atoms with Crippen molar-refractivity contribution in [1.82, 2.24) is 4.98 Å². The van der Waals surface area contributed by atoms with Gasteiger partial charge in [0.15, 0.2) is 12.4 Å². The van der Waals surface area contributed by atoms with E-state index < -0.39 is 82.0 Å². The molecule has 7 rings (SSSR count). The number of aromatic amines is 1. The fourth-order valence-corrected chi connectivity index (χ4v) is 12.5. The molecule has 398 valence electrons. The van der Waals surface area contributed by atoms with Gasteiger partial charge in [0.25, 0.3) is 10.0 Å². The van der Waals surface area contributed by atoms with Gasteiger partial charge in [0.05, 0.1) is 59.3 Å². The van der Waals surface area contributed by atoms with Gasteiger partial charge in [-0.3, -0.25) is 14.3 Å². The summed E-state index contributed by atoms with van der Waals surface area (Å²) < 4.78 is 65.8. The van der Waals surface area contributed by atoms with Crippen molar-refractivity contribution in [2.45, 2.75) is 153 Å². The lowest BCUT2D eigenvalue weighted by Crippen LogP contribution is -2.62. The quantitative estimate of drug-likeness (QED) is 0.0428. The van der Waals surface area contributed by atoms with Gasteiger partial charge in [-0.25, -0.2) is 8.42 Å². The normalized spacial score (nSPS) is 30.7. The van der Waals surface area contributed by atoms with Crippen LogP contribution < -0.4 is 4.72 Å². The van der Waals surface area contributed by atoms with Crippen LogP contribution in [-0.2, 0) is 54.5 Å². The summed E-state index contributed by atoms with van der Waals surface area (Å²) in [7, 11) is -2.31. The maximum absolute atomic E-state index is 13.6. The van der Waals surface area contributed by atoms with Crippen molar-refractivity contribution in [3.05, 3.63) is 94.2 Å². The third-order valence-electron chi connectivity index (χ3n) is 15.3. The number of hydrogen-bond donors (Lipinski definition) is 6. The second-order valence-corrected chi connectivity index (χ2v) is 22.8. The number of nitrogens with one attached hydrogen (secondary N) is 2. The molecule has 1 aromatic heterocycles. The number of aromatic nitrogens is 1. The standard InChI is InChI=1S/C55H73N3O14S/c1-30-17-20-42(47-45(30)37(25-56)26-57-47)58-73(65,66)38-16-13-15-35(22-38)14-11-10-12-21-54(6,7)69-29-43-49(63)52(70-34(5)60)50(64)53(71-43)72-51-46-40(31(2)27-68-33(4)59)23-44(61)55(46,8)24-41-36(28-67-9)18-19-39(41)32(3)48(51)62/h12-13,15-17,20-22,24,26,31-32,36,39,43-44,48-53,57-58,61-64H,10-11,14,18-19,23,27-29H2,1-9H3/b21-12+,41-24-/t31-,32-,36-,39+,43?,44+,48-,49?,50?,51-,52?,53?,55+/m1/s1. The number of rotatable bonds is 19. The van der Waals surface area contributed by atoms with Gasteiger partial charge < -0.3 is 53.8 Å². The van der Waals surface area contributed by atoms with E-state index >= 15 is 0 Å². The Morgan fingerprint density at radius 1 is 1.07 bits per heavy atom. The van der Waals surface area contributed by atoms with Gasteiger partial charge in [-0.05, 0) is 113 Å². The number of esters is 2. The molecule has 1 saturated carbocycles. The Bertz CT molecular complexity index is 2740. The number of aliphatic hydroxyl groups is 4. The maximum atomic E-state index is 13.6. The highest BCUT2D eigenvalue weighted by molar-refractivity contribution is 7.92. The van der Waals surface area contributed by atoms with E-state index in [0.29, 0.717) is 53.6 Å². The first-order chi connectivity index (χ1) is 34.5. The summed E-state index contributed by atoms with van der Waals surface area (Å²) in [6, 6.07) is 12.3. The van der Waals surface area contributed by atoms with Crippen molar-refractivity contribution in [2.24, 2.45) is 29.1 Å². The van der Waals surface area contributed by atoms with E-state index in [2.05, 4.69) is 21.9 Å². The summed E-state index contributed by atoms with van der Waals surface area (Å²) in [6.45, 7) is 14.0. The van der Waals surface area contributed by atoms with Gasteiger partial charge in [-0.2, -0.15) is 5.26 Å². The van der Waals surface area contributed by atoms with Crippen LogP contribution in [0.5, 0.6) is 0 Å². The van der Waals surface area contributed by atoms with E-state index in [1.54, 1.807) is 37.6 Å². The molecule has 2 fully saturated rings. The molecule has 13 atom stereocenters. The van der Waals surface area contributed by atoms with Crippen LogP contribution in [0.1, 0.15) is 97.3 Å². The molecule has 1 aliphatic heterocycles. The molecule has 0 bridgehead atoms. The molecule has 3 aromatic rings. The van der Waals surface area contributed by atoms with Crippen LogP contribution in [0.15, 0.2) is 82.4 Å². The number of allylic oxidation sites excluding steroid dienone is 1. The number of aliphatic hydroxyl groups excluding tert-OH is 4. The molecule has 2 aromatic carbocycles. The van der Waals surface area contributed by atoms with Gasteiger partial charge in [0.1, 0.15) is 30.5 Å². The fraction of sp³-hybridized carbons (Fsp3) is 0.582. The van der Waals surface area contributed by atoms with E-state index in [1.165, 1.54) is 13.0 Å². The number of unbranched alkanes of at least 4 members (excludes halogenated alkanes) is 1. The van der Waals surface area contributed by atoms with Crippen molar-refractivity contribution in [3.63, 3.8) is 0 Å². The Morgan fingerprint density at radius 3 is 2.52 bits per heavy atom. The number of sulfonamides is 1. The molecule has 0 amide bonds. The maximum Gasteiger partial charge on any atom is 0.303 e. The lowest BCUT2D eigenvalue weighted by atomic mass is 9.68. The largest absolute Gasteiger partial charge is 0.465 e. The molecule has 17 nitrogen and oxygen atoms in total. The third-order valence-corrected chi connectivity index (χ3v) is 16.7. The van der Waals surface area contributed by atoms with Crippen LogP contribution in [0.4, 0.5) is 5.69 Å². The molecule has 3 aliphatic carbocycles. The number of hydrogen-bond acceptors (Lipinski definition) is 15. The summed E-state index contributed by atoms with van der Waals surface area (Å²) in [5.74, 6) is -1.97. The van der Waals surface area contributed by atoms with E-state index in [0.717, 1.165) is 42.0 Å². The van der Waals surface area contributed by atoms with Crippen LogP contribution in [0.3, 0.4) is 0 Å². The Morgan fingerprint density at radius 2 is 1.82 bits per heavy atom. The predicted octanol–water partition coefficient (Wildman–Crippen LogP) is 6.46. The first-order valence-corrected chi connectivity index (χ1v) is 26.7. The molecule has 18 heteroatoms. The van der Waals surface area contributed by atoms with Gasteiger partial charge in [0.2, 0.25) is 0 Å². The van der Waals surface area contributed by atoms with Gasteiger partial charge in [-0.1, -0.05) is 61.4 Å². The molecule has 4 aliphatic rings. The minimum absolute atomic E-state index is 0.0205. The van der Waals surface area contributed by atoms with E-state index in [-0.39, 0.29) is 48.2 Å². The third kappa shape index (κ3) is 12.1. The summed E-state index contributed by atoms with van der Waals surface area (Å²) in [5.41, 5.74) is 3.43. The average molecular weight is 1030 g/mol. The number of anilines is 1. The summed E-state index contributed by atoms with van der Waals surface area (Å²) >= 11 is 0. The zero-order chi connectivity index (χ0) is 53.2. The predicted molar refractivity (Wildman–Crippen MR) is 271 cm³/mol.